The molecule has 8 nitrogen and oxygen atoms in total. The first kappa shape index (κ1) is 18.8. The molecule has 2 aromatic rings. The highest BCUT2D eigenvalue weighted by Crippen LogP contribution is 2.09. The molecule has 1 saturated heterocycles. The molecule has 9 heteroatoms. The van der Waals surface area contributed by atoms with Crippen LogP contribution in [0.2, 0.25) is 0 Å². The lowest BCUT2D eigenvalue weighted by molar-refractivity contribution is -0.115. The fraction of sp³-hybridized carbons (Fsp3) is 0.389. The molecule has 2 N–H and O–H groups in total. The minimum Gasteiger partial charge on any atom is -0.364 e. The van der Waals surface area contributed by atoms with Crippen molar-refractivity contribution in [1.29, 1.82) is 0 Å². The van der Waals surface area contributed by atoms with Crippen LogP contribution in [0.4, 0.5) is 10.1 Å². The van der Waals surface area contributed by atoms with Crippen LogP contribution in [0.3, 0.4) is 0 Å². The zero-order valence-corrected chi connectivity index (χ0v) is 15.2. The molecule has 27 heavy (non-hydrogen) atoms. The number of carbonyl (C=O) groups excluding carboxylic acids is 1. The van der Waals surface area contributed by atoms with E-state index in [9.17, 15) is 9.18 Å². The van der Waals surface area contributed by atoms with Crippen LogP contribution in [-0.4, -0.2) is 66.6 Å². The molecule has 1 fully saturated rings. The highest BCUT2D eigenvalue weighted by atomic mass is 19.1. The molecule has 0 aliphatic carbocycles. The van der Waals surface area contributed by atoms with E-state index in [0.717, 1.165) is 38.4 Å². The van der Waals surface area contributed by atoms with E-state index in [-0.39, 0.29) is 18.3 Å². The van der Waals surface area contributed by atoms with Crippen molar-refractivity contribution in [1.82, 2.24) is 20.3 Å². The van der Waals surface area contributed by atoms with E-state index in [0.29, 0.717) is 11.6 Å². The van der Waals surface area contributed by atoms with Gasteiger partial charge >= 0.3 is 0 Å². The highest BCUT2D eigenvalue weighted by molar-refractivity contribution is 5.95. The average molecular weight is 374 g/mol. The number of aliphatic imine (C=N–C) groups is 1. The van der Waals surface area contributed by atoms with Crippen LogP contribution in [0.5, 0.6) is 0 Å². The second-order valence-electron chi connectivity index (χ2n) is 6.21. The number of piperazine rings is 1. The summed E-state index contributed by atoms with van der Waals surface area (Å²) in [6, 6.07) is 7.67. The Labute approximate surface area is 157 Å². The summed E-state index contributed by atoms with van der Waals surface area (Å²) in [5.41, 5.74) is 1.35. The number of aromatic nitrogens is 1. The van der Waals surface area contributed by atoms with Gasteiger partial charge in [-0.1, -0.05) is 11.2 Å². The lowest BCUT2D eigenvalue weighted by atomic mass is 10.3. The summed E-state index contributed by atoms with van der Waals surface area (Å²) in [5, 5.41) is 9.65. The minimum atomic E-state index is -0.389. The molecular weight excluding hydrogens is 351 g/mol. The summed E-state index contributed by atoms with van der Waals surface area (Å²) in [6.07, 6.45) is 1.58. The topological polar surface area (TPSA) is 86.0 Å². The number of rotatable bonds is 5. The molecule has 144 valence electrons. The number of guanidine groups is 1. The second kappa shape index (κ2) is 9.13. The van der Waals surface area contributed by atoms with Crippen LogP contribution < -0.4 is 10.6 Å². The van der Waals surface area contributed by atoms with Crippen molar-refractivity contribution in [2.24, 2.45) is 4.99 Å². The van der Waals surface area contributed by atoms with Crippen LogP contribution >= 0.6 is 0 Å². The second-order valence-corrected chi connectivity index (χ2v) is 6.21. The Balaban J connectivity index is 1.43. The summed E-state index contributed by atoms with van der Waals surface area (Å²) in [5.74, 6) is 0.0250. The van der Waals surface area contributed by atoms with Gasteiger partial charge in [0.2, 0.25) is 5.91 Å². The van der Waals surface area contributed by atoms with Crippen molar-refractivity contribution < 1.29 is 13.7 Å². The van der Waals surface area contributed by atoms with Crippen molar-refractivity contribution in [3.8, 4) is 0 Å². The average Bonchev–Trinajstić information content (AvgIpc) is 3.16. The van der Waals surface area contributed by atoms with Gasteiger partial charge in [-0.3, -0.25) is 14.7 Å². The molecule has 1 amide bonds. The number of halogens is 1. The quantitative estimate of drug-likeness (QED) is 0.603. The summed E-state index contributed by atoms with van der Waals surface area (Å²) < 4.78 is 18.0. The first-order chi connectivity index (χ1) is 13.1. The Morgan fingerprint density at radius 1 is 1.30 bits per heavy atom. The van der Waals surface area contributed by atoms with Gasteiger partial charge in [0, 0.05) is 51.5 Å². The van der Waals surface area contributed by atoms with Crippen molar-refractivity contribution >= 4 is 17.6 Å². The van der Waals surface area contributed by atoms with Crippen LogP contribution in [0.15, 0.2) is 46.1 Å². The summed E-state index contributed by atoms with van der Waals surface area (Å²) >= 11 is 0. The maximum Gasteiger partial charge on any atom is 0.243 e. The van der Waals surface area contributed by atoms with E-state index in [2.05, 4.69) is 30.6 Å². The van der Waals surface area contributed by atoms with Crippen LogP contribution in [0.25, 0.3) is 0 Å². The first-order valence-electron chi connectivity index (χ1n) is 8.76. The molecule has 1 aliphatic rings. The van der Waals surface area contributed by atoms with E-state index < -0.39 is 0 Å². The standard InChI is InChI=1S/C18H23FN6O2/c1-20-18(21-12-17(26)22-15-4-2-3-14(19)11-15)25-8-6-24(7-9-25)13-16-5-10-27-23-16/h2-5,10-11H,6-9,12-13H2,1H3,(H,20,21)(H,22,26). The third-order valence-electron chi connectivity index (χ3n) is 4.28. The van der Waals surface area contributed by atoms with Gasteiger partial charge in [0.25, 0.3) is 0 Å². The monoisotopic (exact) mass is 374 g/mol. The number of benzene rings is 1. The van der Waals surface area contributed by atoms with Gasteiger partial charge in [0.05, 0.1) is 12.2 Å². The summed E-state index contributed by atoms with van der Waals surface area (Å²) in [4.78, 5) is 20.7. The van der Waals surface area contributed by atoms with E-state index in [4.69, 9.17) is 4.52 Å². The van der Waals surface area contributed by atoms with E-state index in [1.165, 1.54) is 12.1 Å². The third-order valence-corrected chi connectivity index (χ3v) is 4.28. The van der Waals surface area contributed by atoms with Crippen molar-refractivity contribution in [3.05, 3.63) is 48.1 Å². The van der Waals surface area contributed by atoms with Crippen LogP contribution in [0, 0.1) is 5.82 Å². The lowest BCUT2D eigenvalue weighted by Gasteiger charge is -2.36. The van der Waals surface area contributed by atoms with E-state index in [1.807, 2.05) is 6.07 Å². The maximum absolute atomic E-state index is 13.2. The summed E-state index contributed by atoms with van der Waals surface area (Å²) in [6.45, 7) is 4.13. The van der Waals surface area contributed by atoms with Gasteiger partial charge in [0.1, 0.15) is 12.1 Å². The molecule has 0 bridgehead atoms. The van der Waals surface area contributed by atoms with Gasteiger partial charge in [-0.15, -0.1) is 0 Å². The van der Waals surface area contributed by atoms with Gasteiger partial charge in [-0.2, -0.15) is 0 Å². The fourth-order valence-electron chi connectivity index (χ4n) is 2.93. The Morgan fingerprint density at radius 3 is 2.78 bits per heavy atom. The minimum absolute atomic E-state index is 0.0579. The molecule has 0 unspecified atom stereocenters. The number of hydrogen-bond acceptors (Lipinski definition) is 5. The molecule has 1 aromatic carbocycles. The molecule has 0 spiro atoms. The predicted molar refractivity (Wildman–Crippen MR) is 99.7 cm³/mol. The fourth-order valence-corrected chi connectivity index (χ4v) is 2.93. The van der Waals surface area contributed by atoms with E-state index in [1.54, 1.807) is 25.4 Å². The van der Waals surface area contributed by atoms with Crippen molar-refractivity contribution in [2.75, 3.05) is 45.1 Å². The normalized spacial score (nSPS) is 15.6. The molecule has 1 aromatic heterocycles. The number of nitrogens with one attached hydrogen (secondary N) is 2. The molecule has 0 saturated carbocycles. The Morgan fingerprint density at radius 2 is 2.11 bits per heavy atom. The lowest BCUT2D eigenvalue weighted by Crippen LogP contribution is -2.53. The molecule has 0 atom stereocenters. The predicted octanol–water partition coefficient (Wildman–Crippen LogP) is 1.15. The number of amides is 1. The van der Waals surface area contributed by atoms with E-state index >= 15 is 0 Å². The molecule has 1 aliphatic heterocycles. The van der Waals surface area contributed by atoms with Crippen molar-refractivity contribution in [3.63, 3.8) is 0 Å². The molecular formula is C18H23FN6O2. The van der Waals surface area contributed by atoms with Crippen molar-refractivity contribution in [2.45, 2.75) is 6.54 Å². The number of hydrogen-bond donors (Lipinski definition) is 2. The number of nitrogens with zero attached hydrogens (tertiary/aromatic N) is 4. The van der Waals surface area contributed by atoms with Gasteiger partial charge in [0.15, 0.2) is 5.96 Å². The zero-order chi connectivity index (χ0) is 19.1. The summed E-state index contributed by atoms with van der Waals surface area (Å²) in [7, 11) is 1.69. The number of carbonyl (C=O) groups is 1. The third kappa shape index (κ3) is 5.52. The highest BCUT2D eigenvalue weighted by Gasteiger charge is 2.20. The number of anilines is 1. The van der Waals surface area contributed by atoms with Crippen LogP contribution in [0.1, 0.15) is 5.69 Å². The molecule has 3 rings (SSSR count). The Bertz CT molecular complexity index is 772. The zero-order valence-electron chi connectivity index (χ0n) is 15.2. The molecule has 2 heterocycles. The Kier molecular flexibility index (Phi) is 6.37. The Hall–Kier alpha value is -2.94. The van der Waals surface area contributed by atoms with Gasteiger partial charge in [-0.25, -0.2) is 4.39 Å². The largest absolute Gasteiger partial charge is 0.364 e. The maximum atomic E-state index is 13.2. The van der Waals surface area contributed by atoms with Crippen LogP contribution in [-0.2, 0) is 11.3 Å². The first-order valence-corrected chi connectivity index (χ1v) is 8.76. The van der Waals surface area contributed by atoms with Gasteiger partial charge < -0.3 is 20.1 Å². The van der Waals surface area contributed by atoms with Gasteiger partial charge in [-0.05, 0) is 18.2 Å². The SMILES string of the molecule is CN=C(NCC(=O)Nc1cccc(F)c1)N1CCN(Cc2ccon2)CC1. The smallest absolute Gasteiger partial charge is 0.243 e. The molecule has 0 radical (unpaired) electrons.